The first kappa shape index (κ1) is 33.9. The lowest BCUT2D eigenvalue weighted by molar-refractivity contribution is 0.640. The van der Waals surface area contributed by atoms with Gasteiger partial charge in [0.05, 0.1) is 0 Å². The van der Waals surface area contributed by atoms with E-state index in [9.17, 15) is 0 Å². The van der Waals surface area contributed by atoms with E-state index in [1.807, 2.05) is 29.5 Å². The molecule has 1 aliphatic rings. The second-order valence-electron chi connectivity index (χ2n) is 15.5. The van der Waals surface area contributed by atoms with Crippen molar-refractivity contribution in [3.63, 3.8) is 0 Å². The molecule has 0 saturated carbocycles. The van der Waals surface area contributed by atoms with Gasteiger partial charge in [0.1, 0.15) is 11.2 Å². The second-order valence-corrected chi connectivity index (χ2v) is 16.5. The summed E-state index contributed by atoms with van der Waals surface area (Å²) in [6.07, 6.45) is 9.03. The van der Waals surface area contributed by atoms with Gasteiger partial charge < -0.3 is 4.42 Å². The SMILES string of the molecule is CC1C=CC=CC1c1cccc2c1sc1c(-c3ccc(-c4nc(-c5ccc6c(c5)oc5ccccc56)nc(-c5cccc6ccccc56)n4)c4ccccc34)cccc12. The monoisotopic (exact) mass is 773 g/mol. The molecular weight excluding hydrogens is 739 g/mol. The summed E-state index contributed by atoms with van der Waals surface area (Å²) < 4.78 is 9.00. The van der Waals surface area contributed by atoms with Crippen molar-refractivity contribution in [3.8, 4) is 45.3 Å². The second kappa shape index (κ2) is 13.4. The molecule has 4 nitrogen and oxygen atoms in total. The van der Waals surface area contributed by atoms with Gasteiger partial charge in [-0.2, -0.15) is 0 Å². The third-order valence-corrected chi connectivity index (χ3v) is 13.4. The molecule has 3 heterocycles. The molecule has 5 heteroatoms. The highest BCUT2D eigenvalue weighted by Crippen LogP contribution is 2.46. The first-order valence-electron chi connectivity index (χ1n) is 20.1. The Labute approximate surface area is 344 Å². The Balaban J connectivity index is 1.06. The number of furan rings is 1. The van der Waals surface area contributed by atoms with Gasteiger partial charge in [0, 0.05) is 59.1 Å². The van der Waals surface area contributed by atoms with Crippen molar-refractivity contribution < 1.29 is 4.42 Å². The molecule has 0 bridgehead atoms. The Morgan fingerprint density at radius 1 is 0.441 bits per heavy atom. The number of benzene rings is 8. The number of fused-ring (bicyclic) bond motifs is 8. The zero-order chi connectivity index (χ0) is 39.0. The van der Waals surface area contributed by atoms with Crippen LogP contribution in [0.25, 0.3) is 109 Å². The van der Waals surface area contributed by atoms with E-state index in [1.165, 1.54) is 36.9 Å². The molecule has 0 saturated heterocycles. The number of para-hydroxylation sites is 1. The van der Waals surface area contributed by atoms with Crippen molar-refractivity contribution in [2.75, 3.05) is 0 Å². The van der Waals surface area contributed by atoms with Crippen molar-refractivity contribution in [1.82, 2.24) is 15.0 Å². The zero-order valence-electron chi connectivity index (χ0n) is 32.1. The molecule has 0 amide bonds. The lowest BCUT2D eigenvalue weighted by atomic mass is 9.84. The summed E-state index contributed by atoms with van der Waals surface area (Å²) in [6, 6.07) is 55.9. The number of hydrogen-bond acceptors (Lipinski definition) is 5. The van der Waals surface area contributed by atoms with E-state index in [4.69, 9.17) is 19.4 Å². The minimum absolute atomic E-state index is 0.352. The van der Waals surface area contributed by atoms with E-state index in [0.717, 1.165) is 60.2 Å². The average Bonchev–Trinajstić information content (AvgIpc) is 3.87. The molecule has 59 heavy (non-hydrogen) atoms. The van der Waals surface area contributed by atoms with E-state index >= 15 is 0 Å². The number of hydrogen-bond donors (Lipinski definition) is 0. The maximum Gasteiger partial charge on any atom is 0.164 e. The highest BCUT2D eigenvalue weighted by Gasteiger charge is 2.23. The molecule has 8 aromatic carbocycles. The summed E-state index contributed by atoms with van der Waals surface area (Å²) in [5.41, 5.74) is 8.27. The third-order valence-electron chi connectivity index (χ3n) is 12.1. The van der Waals surface area contributed by atoms with Crippen LogP contribution in [0.1, 0.15) is 18.4 Å². The van der Waals surface area contributed by atoms with Crippen LogP contribution in [-0.2, 0) is 0 Å². The Bertz CT molecular complexity index is 3550. The summed E-state index contributed by atoms with van der Waals surface area (Å²) in [6.45, 7) is 2.32. The van der Waals surface area contributed by atoms with E-state index in [0.29, 0.717) is 29.3 Å². The zero-order valence-corrected chi connectivity index (χ0v) is 32.9. The van der Waals surface area contributed by atoms with Gasteiger partial charge in [-0.3, -0.25) is 0 Å². The predicted octanol–water partition coefficient (Wildman–Crippen LogP) is 15.0. The standard InChI is InChI=1S/C54H35N3OS/c1-32-13-2-4-16-35(32)42-21-11-23-44-45-24-12-22-43(51(45)59-50(42)44)39-29-30-47(38-19-7-6-18-37(38)39)54-56-52(34-27-28-41-40-20-8-9-26-48(40)58-49(41)31-34)55-53(57-54)46-25-10-15-33-14-3-5-17-36(33)46/h2-32,35H,1H3. The summed E-state index contributed by atoms with van der Waals surface area (Å²) >= 11 is 1.92. The van der Waals surface area contributed by atoms with Crippen molar-refractivity contribution in [2.24, 2.45) is 5.92 Å². The molecule has 1 aliphatic carbocycles. The molecule has 11 aromatic rings. The molecule has 0 N–H and O–H groups in total. The van der Waals surface area contributed by atoms with Crippen LogP contribution in [0.2, 0.25) is 0 Å². The molecule has 2 atom stereocenters. The Morgan fingerprint density at radius 2 is 1.03 bits per heavy atom. The van der Waals surface area contributed by atoms with Crippen LogP contribution in [0.3, 0.4) is 0 Å². The summed E-state index contributed by atoms with van der Waals surface area (Å²) in [7, 11) is 0. The van der Waals surface area contributed by atoms with E-state index in [-0.39, 0.29) is 0 Å². The van der Waals surface area contributed by atoms with Crippen molar-refractivity contribution >= 4 is 75.0 Å². The summed E-state index contributed by atoms with van der Waals surface area (Å²) in [4.78, 5) is 15.7. The molecule has 12 rings (SSSR count). The van der Waals surface area contributed by atoms with Crippen LogP contribution in [0.4, 0.5) is 0 Å². The molecule has 3 aromatic heterocycles. The van der Waals surface area contributed by atoms with Crippen molar-refractivity contribution in [1.29, 1.82) is 0 Å². The Hall–Kier alpha value is -7.21. The lowest BCUT2D eigenvalue weighted by Gasteiger charge is -2.21. The fourth-order valence-corrected chi connectivity index (χ4v) is 10.6. The molecule has 2 unspecified atom stereocenters. The molecule has 0 radical (unpaired) electrons. The van der Waals surface area contributed by atoms with E-state index in [1.54, 1.807) is 0 Å². The Kier molecular flexibility index (Phi) is 7.72. The number of nitrogens with zero attached hydrogens (tertiary/aromatic N) is 3. The van der Waals surface area contributed by atoms with Crippen LogP contribution in [0.5, 0.6) is 0 Å². The molecular formula is C54H35N3OS. The topological polar surface area (TPSA) is 51.8 Å². The number of allylic oxidation sites excluding steroid dienone is 4. The fourth-order valence-electron chi connectivity index (χ4n) is 9.18. The number of rotatable bonds is 5. The van der Waals surface area contributed by atoms with Gasteiger partial charge in [-0.1, -0.05) is 165 Å². The van der Waals surface area contributed by atoms with Crippen molar-refractivity contribution in [3.05, 3.63) is 188 Å². The van der Waals surface area contributed by atoms with Crippen LogP contribution >= 0.6 is 11.3 Å². The van der Waals surface area contributed by atoms with Gasteiger partial charge in [0.15, 0.2) is 17.5 Å². The normalized spacial score (nSPS) is 15.4. The van der Waals surface area contributed by atoms with E-state index < -0.39 is 0 Å². The minimum atomic E-state index is 0.352. The lowest BCUT2D eigenvalue weighted by Crippen LogP contribution is -2.07. The van der Waals surface area contributed by atoms with E-state index in [2.05, 4.69) is 171 Å². The van der Waals surface area contributed by atoms with Gasteiger partial charge in [-0.25, -0.2) is 15.0 Å². The smallest absolute Gasteiger partial charge is 0.164 e. The fraction of sp³-hybridized carbons (Fsp3) is 0.0556. The maximum absolute atomic E-state index is 6.33. The highest BCUT2D eigenvalue weighted by atomic mass is 32.1. The predicted molar refractivity (Wildman–Crippen MR) is 247 cm³/mol. The van der Waals surface area contributed by atoms with Crippen LogP contribution < -0.4 is 0 Å². The van der Waals surface area contributed by atoms with Crippen molar-refractivity contribution in [2.45, 2.75) is 12.8 Å². The molecule has 0 aliphatic heterocycles. The average molecular weight is 774 g/mol. The quantitative estimate of drug-likeness (QED) is 0.175. The molecule has 278 valence electrons. The third kappa shape index (κ3) is 5.46. The first-order chi connectivity index (χ1) is 29.2. The minimum Gasteiger partial charge on any atom is -0.456 e. The van der Waals surface area contributed by atoms with Gasteiger partial charge in [-0.05, 0) is 62.9 Å². The van der Waals surface area contributed by atoms with Gasteiger partial charge in [0.2, 0.25) is 0 Å². The van der Waals surface area contributed by atoms with Gasteiger partial charge >= 0.3 is 0 Å². The molecule has 0 spiro atoms. The summed E-state index contributed by atoms with van der Waals surface area (Å²) in [5.74, 6) is 2.64. The van der Waals surface area contributed by atoms with Crippen LogP contribution in [0, 0.1) is 5.92 Å². The highest BCUT2D eigenvalue weighted by molar-refractivity contribution is 7.26. The largest absolute Gasteiger partial charge is 0.456 e. The first-order valence-corrected chi connectivity index (χ1v) is 21.0. The number of aromatic nitrogens is 3. The summed E-state index contributed by atoms with van der Waals surface area (Å²) in [5, 5.41) is 9.24. The number of thiophene rings is 1. The van der Waals surface area contributed by atoms with Gasteiger partial charge in [-0.15, -0.1) is 11.3 Å². The van der Waals surface area contributed by atoms with Crippen LogP contribution in [0.15, 0.2) is 186 Å². The molecule has 0 fully saturated rings. The van der Waals surface area contributed by atoms with Gasteiger partial charge in [0.25, 0.3) is 0 Å². The van der Waals surface area contributed by atoms with Crippen LogP contribution in [-0.4, -0.2) is 15.0 Å². The maximum atomic E-state index is 6.33. The Morgan fingerprint density at radius 3 is 1.88 bits per heavy atom.